The number of aromatic hydroxyl groups is 1. The fraction of sp³-hybridized carbons (Fsp3) is 0.176. The quantitative estimate of drug-likeness (QED) is 0.728. The Morgan fingerprint density at radius 3 is 2.65 bits per heavy atom. The van der Waals surface area contributed by atoms with Crippen molar-refractivity contribution in [3.8, 4) is 5.75 Å². The molecule has 0 spiro atoms. The predicted molar refractivity (Wildman–Crippen MR) is 95.9 cm³/mol. The molecule has 1 heterocycles. The molecule has 0 bridgehead atoms. The first kappa shape index (κ1) is 17.7. The van der Waals surface area contributed by atoms with E-state index in [1.165, 1.54) is 12.1 Å². The summed E-state index contributed by atoms with van der Waals surface area (Å²) in [6.07, 6.45) is 3.94. The predicted octanol–water partition coefficient (Wildman–Crippen LogP) is 1.60. The number of allylic oxidation sites excluding steroid dienone is 1. The molecule has 3 N–H and O–H groups in total. The number of aliphatic carboxylic acids is 1. The Hall–Kier alpha value is -3.07. The number of phenols is 1. The summed E-state index contributed by atoms with van der Waals surface area (Å²) in [5.74, 6) is -2.48. The van der Waals surface area contributed by atoms with Gasteiger partial charge in [-0.1, -0.05) is 24.3 Å². The van der Waals surface area contributed by atoms with Crippen LogP contribution in [-0.2, 0) is 19.6 Å². The largest absolute Gasteiger partial charge is 0.506 e. The normalized spacial score (nSPS) is 16.3. The van der Waals surface area contributed by atoms with Crippen molar-refractivity contribution in [2.24, 2.45) is 0 Å². The van der Waals surface area contributed by atoms with Crippen LogP contribution in [-0.4, -0.2) is 36.3 Å². The molecule has 2 aromatic carbocycles. The second-order valence-corrected chi connectivity index (χ2v) is 7.66. The Kier molecular flexibility index (Phi) is 4.56. The molecule has 136 valence electrons. The van der Waals surface area contributed by atoms with Crippen molar-refractivity contribution in [3.05, 3.63) is 42.0 Å². The lowest BCUT2D eigenvalue weighted by atomic mass is 10.0. The molecule has 0 unspecified atom stereocenters. The first-order chi connectivity index (χ1) is 12.3. The molecule has 1 fully saturated rings. The Morgan fingerprint density at radius 2 is 2.00 bits per heavy atom. The summed E-state index contributed by atoms with van der Waals surface area (Å²) in [4.78, 5) is 21.9. The van der Waals surface area contributed by atoms with Crippen LogP contribution in [0.25, 0.3) is 16.8 Å². The number of carboxylic acid groups (broad SMARTS) is 1. The molecule has 1 aliphatic rings. The van der Waals surface area contributed by atoms with Gasteiger partial charge in [0, 0.05) is 6.42 Å². The van der Waals surface area contributed by atoms with Gasteiger partial charge in [0.25, 0.3) is 15.9 Å². The topological polar surface area (TPSA) is 124 Å². The smallest absolute Gasteiger partial charge is 0.303 e. The number of amides is 1. The van der Waals surface area contributed by atoms with Gasteiger partial charge >= 0.3 is 5.97 Å². The van der Waals surface area contributed by atoms with Gasteiger partial charge in [-0.2, -0.15) is 4.41 Å². The molecular weight excluding hydrogens is 360 g/mol. The van der Waals surface area contributed by atoms with E-state index < -0.39 is 27.7 Å². The molecule has 1 aliphatic heterocycles. The molecule has 0 aromatic heterocycles. The van der Waals surface area contributed by atoms with Crippen LogP contribution < -0.4 is 9.84 Å². The highest BCUT2D eigenvalue weighted by Gasteiger charge is 2.36. The van der Waals surface area contributed by atoms with E-state index in [0.717, 1.165) is 5.56 Å². The van der Waals surface area contributed by atoms with Crippen LogP contribution in [0.3, 0.4) is 0 Å². The minimum Gasteiger partial charge on any atom is -0.506 e. The van der Waals surface area contributed by atoms with Gasteiger partial charge in [0.15, 0.2) is 5.75 Å². The number of sulfonamides is 1. The average Bonchev–Trinajstić information content (AvgIpc) is 2.83. The number of hydrogen-bond donors (Lipinski definition) is 3. The second-order valence-electron chi connectivity index (χ2n) is 5.84. The van der Waals surface area contributed by atoms with Gasteiger partial charge in [0.05, 0.1) is 0 Å². The van der Waals surface area contributed by atoms with Crippen molar-refractivity contribution in [2.45, 2.75) is 12.8 Å². The Balaban J connectivity index is 1.95. The van der Waals surface area contributed by atoms with Crippen molar-refractivity contribution in [3.63, 3.8) is 0 Å². The monoisotopic (exact) mass is 376 g/mol. The number of phenolic OH excluding ortho intramolecular Hbond substituents is 1. The van der Waals surface area contributed by atoms with Crippen LogP contribution in [0, 0.1) is 0 Å². The number of anilines is 1. The highest BCUT2D eigenvalue weighted by atomic mass is 32.2. The minimum atomic E-state index is -3.87. The van der Waals surface area contributed by atoms with Crippen molar-refractivity contribution in [1.82, 2.24) is 5.43 Å². The summed E-state index contributed by atoms with van der Waals surface area (Å²) in [6, 6.07) is 8.23. The van der Waals surface area contributed by atoms with Crippen LogP contribution >= 0.6 is 0 Å². The fourth-order valence-electron chi connectivity index (χ4n) is 2.64. The third-order valence-electron chi connectivity index (χ3n) is 3.83. The van der Waals surface area contributed by atoms with E-state index in [2.05, 4.69) is 5.43 Å². The number of benzene rings is 2. The van der Waals surface area contributed by atoms with Gasteiger partial charge in [0.2, 0.25) is 0 Å². The summed E-state index contributed by atoms with van der Waals surface area (Å²) in [5.41, 5.74) is 2.98. The molecule has 2 aromatic rings. The Morgan fingerprint density at radius 1 is 1.23 bits per heavy atom. The zero-order valence-electron chi connectivity index (χ0n) is 13.5. The van der Waals surface area contributed by atoms with Gasteiger partial charge in [-0.15, -0.1) is 0 Å². The highest BCUT2D eigenvalue weighted by Crippen LogP contribution is 2.34. The Labute approximate surface area is 149 Å². The van der Waals surface area contributed by atoms with E-state index in [-0.39, 0.29) is 17.9 Å². The Bertz CT molecular complexity index is 1030. The molecule has 8 nitrogen and oxygen atoms in total. The average molecular weight is 376 g/mol. The molecular formula is C17H16N2O6S. The van der Waals surface area contributed by atoms with Crippen LogP contribution in [0.15, 0.2) is 36.4 Å². The summed E-state index contributed by atoms with van der Waals surface area (Å²) < 4.78 is 24.7. The number of carbonyl (C=O) groups is 2. The standard InChI is InChI=1S/C17H16N2O6S/c20-15-9-12-6-5-11(3-1-2-4-17(22)23)7-13(12)8-14(15)19-18-16(21)10-26(19,24)25/h1,3,5-9,20H,2,4,10H2,(H,18,21)(H,22,23). The van der Waals surface area contributed by atoms with E-state index in [4.69, 9.17) is 5.11 Å². The maximum absolute atomic E-state index is 12.0. The number of hydrogen-bond acceptors (Lipinski definition) is 5. The number of carboxylic acids is 1. The number of carbonyl (C=O) groups excluding carboxylic acids is 1. The number of nitrogens with zero attached hydrogens (tertiary/aromatic N) is 1. The first-order valence-corrected chi connectivity index (χ1v) is 9.35. The van der Waals surface area contributed by atoms with Gasteiger partial charge in [0.1, 0.15) is 11.4 Å². The fourth-order valence-corrected chi connectivity index (χ4v) is 3.85. The molecule has 3 rings (SSSR count). The molecule has 1 saturated heterocycles. The molecule has 1 amide bonds. The molecule has 0 saturated carbocycles. The third kappa shape index (κ3) is 3.62. The van der Waals surface area contributed by atoms with Gasteiger partial charge in [-0.25, -0.2) is 8.42 Å². The van der Waals surface area contributed by atoms with Crippen molar-refractivity contribution < 1.29 is 28.2 Å². The summed E-state index contributed by atoms with van der Waals surface area (Å²) in [7, 11) is -3.87. The van der Waals surface area contributed by atoms with E-state index in [0.29, 0.717) is 21.6 Å². The van der Waals surface area contributed by atoms with E-state index in [1.807, 2.05) is 0 Å². The summed E-state index contributed by atoms with van der Waals surface area (Å²) in [5, 5.41) is 20.1. The van der Waals surface area contributed by atoms with E-state index in [9.17, 15) is 23.1 Å². The van der Waals surface area contributed by atoms with Crippen LogP contribution in [0.1, 0.15) is 18.4 Å². The third-order valence-corrected chi connectivity index (χ3v) is 5.30. The van der Waals surface area contributed by atoms with Crippen molar-refractivity contribution in [1.29, 1.82) is 0 Å². The first-order valence-electron chi connectivity index (χ1n) is 7.74. The second kappa shape index (κ2) is 6.68. The maximum atomic E-state index is 12.0. The zero-order chi connectivity index (χ0) is 18.9. The lowest BCUT2D eigenvalue weighted by molar-refractivity contribution is -0.136. The number of fused-ring (bicyclic) bond motifs is 1. The SMILES string of the molecule is O=C(O)CCC=Cc1ccc2cc(O)c(N3NC(=O)CS3(=O)=O)cc2c1. The van der Waals surface area contributed by atoms with Crippen LogP contribution in [0.5, 0.6) is 5.75 Å². The molecule has 0 radical (unpaired) electrons. The van der Waals surface area contributed by atoms with E-state index >= 15 is 0 Å². The zero-order valence-corrected chi connectivity index (χ0v) is 14.4. The van der Waals surface area contributed by atoms with Crippen LogP contribution in [0.4, 0.5) is 5.69 Å². The van der Waals surface area contributed by atoms with Gasteiger partial charge in [-0.05, 0) is 41.0 Å². The molecule has 0 atom stereocenters. The minimum absolute atomic E-state index is 0.0321. The lowest BCUT2D eigenvalue weighted by Gasteiger charge is -2.18. The number of hydrazine groups is 1. The molecule has 26 heavy (non-hydrogen) atoms. The van der Waals surface area contributed by atoms with Crippen molar-refractivity contribution in [2.75, 3.05) is 10.2 Å². The van der Waals surface area contributed by atoms with Crippen molar-refractivity contribution >= 4 is 44.4 Å². The summed E-state index contributed by atoms with van der Waals surface area (Å²) in [6.45, 7) is 0. The van der Waals surface area contributed by atoms with Crippen LogP contribution in [0.2, 0.25) is 0 Å². The van der Waals surface area contributed by atoms with E-state index in [1.54, 1.807) is 30.4 Å². The van der Waals surface area contributed by atoms with Gasteiger partial charge in [-0.3, -0.25) is 15.0 Å². The number of nitrogens with one attached hydrogen (secondary N) is 1. The summed E-state index contributed by atoms with van der Waals surface area (Å²) >= 11 is 0. The van der Waals surface area contributed by atoms with Gasteiger partial charge < -0.3 is 10.2 Å². The highest BCUT2D eigenvalue weighted by molar-refractivity contribution is 7.93. The molecule has 9 heteroatoms. The lowest BCUT2D eigenvalue weighted by Crippen LogP contribution is -2.35. The maximum Gasteiger partial charge on any atom is 0.303 e. The number of rotatable bonds is 5. The molecule has 0 aliphatic carbocycles.